The van der Waals surface area contributed by atoms with Crippen molar-refractivity contribution in [1.82, 2.24) is 25.1 Å². The number of piperidine rings is 2. The summed E-state index contributed by atoms with van der Waals surface area (Å²) in [4.78, 5) is 26.3. The third kappa shape index (κ3) is 3.59. The van der Waals surface area contributed by atoms with Gasteiger partial charge in [0.05, 0.1) is 0 Å². The van der Waals surface area contributed by atoms with E-state index in [1.54, 1.807) is 6.20 Å². The summed E-state index contributed by atoms with van der Waals surface area (Å²) in [6.45, 7) is 5.15. The summed E-state index contributed by atoms with van der Waals surface area (Å²) in [6, 6.07) is 6.48. The number of nitrogens with zero attached hydrogens (tertiary/aromatic N) is 5. The van der Waals surface area contributed by atoms with Crippen LogP contribution in [0, 0.1) is 12.8 Å². The van der Waals surface area contributed by atoms with Crippen LogP contribution in [0.25, 0.3) is 11.2 Å². The Morgan fingerprint density at radius 3 is 2.79 bits per heavy atom. The number of carbonyl (C=O) groups is 1. The number of aromatic amines is 1. The second-order valence-electron chi connectivity index (χ2n) is 8.17. The van der Waals surface area contributed by atoms with E-state index in [1.807, 2.05) is 25.1 Å². The Balaban J connectivity index is 1.21. The zero-order valence-electron chi connectivity index (χ0n) is 16.7. The molecule has 5 heterocycles. The van der Waals surface area contributed by atoms with Gasteiger partial charge in [-0.25, -0.2) is 4.98 Å². The SMILES string of the molecule is Cc1ccc2oc(N3CCC(C(=O)N4CCCC(c5ccn[nH]5)C4)CC3)nc2n1. The van der Waals surface area contributed by atoms with Gasteiger partial charge < -0.3 is 14.2 Å². The molecule has 1 N–H and O–H groups in total. The minimum atomic E-state index is 0.0801. The average molecular weight is 394 g/mol. The molecule has 1 atom stereocenters. The molecule has 3 aromatic heterocycles. The van der Waals surface area contributed by atoms with Crippen molar-refractivity contribution in [1.29, 1.82) is 0 Å². The number of hydrogen-bond acceptors (Lipinski definition) is 6. The van der Waals surface area contributed by atoms with Crippen molar-refractivity contribution >= 4 is 23.2 Å². The summed E-state index contributed by atoms with van der Waals surface area (Å²) < 4.78 is 5.88. The van der Waals surface area contributed by atoms with Crippen LogP contribution in [0.5, 0.6) is 0 Å². The standard InChI is InChI=1S/C21H26N6O2/c1-14-4-5-18-19(23-14)24-21(29-18)26-11-7-15(8-12-26)20(28)27-10-2-3-16(13-27)17-6-9-22-25-17/h4-6,9,15-16H,2-3,7-8,10-13H2,1H3,(H,22,25). The van der Waals surface area contributed by atoms with Gasteiger partial charge in [-0.1, -0.05) is 0 Å². The van der Waals surface area contributed by atoms with Crippen molar-refractivity contribution in [3.05, 3.63) is 35.8 Å². The maximum absolute atomic E-state index is 13.1. The number of aromatic nitrogens is 4. The van der Waals surface area contributed by atoms with E-state index in [1.165, 1.54) is 0 Å². The predicted molar refractivity (Wildman–Crippen MR) is 109 cm³/mol. The zero-order valence-corrected chi connectivity index (χ0v) is 16.7. The smallest absolute Gasteiger partial charge is 0.299 e. The molecule has 1 unspecified atom stereocenters. The van der Waals surface area contributed by atoms with Crippen LogP contribution in [0.3, 0.4) is 0 Å². The molecule has 2 aliphatic rings. The van der Waals surface area contributed by atoms with Crippen LogP contribution < -0.4 is 4.90 Å². The lowest BCUT2D eigenvalue weighted by Gasteiger charge is -2.37. The molecule has 0 bridgehead atoms. The normalized spacial score (nSPS) is 21.1. The molecule has 2 saturated heterocycles. The molecule has 152 valence electrons. The highest BCUT2D eigenvalue weighted by molar-refractivity contribution is 5.79. The van der Waals surface area contributed by atoms with Gasteiger partial charge in [0, 0.05) is 55.6 Å². The third-order valence-corrected chi connectivity index (χ3v) is 6.19. The Morgan fingerprint density at radius 2 is 2.00 bits per heavy atom. The molecular formula is C21H26N6O2. The third-order valence-electron chi connectivity index (χ3n) is 6.19. The zero-order chi connectivity index (χ0) is 19.8. The minimum absolute atomic E-state index is 0.0801. The van der Waals surface area contributed by atoms with Crippen LogP contribution in [-0.2, 0) is 4.79 Å². The number of pyridine rings is 1. The Kier molecular flexibility index (Phi) is 4.69. The number of H-pyrrole nitrogens is 1. The van der Waals surface area contributed by atoms with Crippen LogP contribution in [0.15, 0.2) is 28.8 Å². The monoisotopic (exact) mass is 394 g/mol. The summed E-state index contributed by atoms with van der Waals surface area (Å²) in [5.74, 6) is 0.742. The van der Waals surface area contributed by atoms with E-state index < -0.39 is 0 Å². The first-order valence-electron chi connectivity index (χ1n) is 10.4. The highest BCUT2D eigenvalue weighted by Crippen LogP contribution is 2.30. The number of oxazole rings is 1. The van der Waals surface area contributed by atoms with E-state index in [-0.39, 0.29) is 5.92 Å². The average Bonchev–Trinajstić information content (AvgIpc) is 3.43. The number of likely N-dealkylation sites (tertiary alicyclic amines) is 1. The predicted octanol–water partition coefficient (Wildman–Crippen LogP) is 2.88. The Morgan fingerprint density at radius 1 is 1.14 bits per heavy atom. The van der Waals surface area contributed by atoms with Crippen molar-refractivity contribution in [3.63, 3.8) is 0 Å². The summed E-state index contributed by atoms with van der Waals surface area (Å²) in [7, 11) is 0. The molecular weight excluding hydrogens is 368 g/mol. The van der Waals surface area contributed by atoms with Crippen LogP contribution in [0.2, 0.25) is 0 Å². The maximum Gasteiger partial charge on any atom is 0.299 e. The van der Waals surface area contributed by atoms with E-state index in [4.69, 9.17) is 4.42 Å². The fraction of sp³-hybridized carbons (Fsp3) is 0.524. The highest BCUT2D eigenvalue weighted by Gasteiger charge is 2.33. The minimum Gasteiger partial charge on any atom is -0.422 e. The first-order chi connectivity index (χ1) is 14.2. The van der Waals surface area contributed by atoms with E-state index >= 15 is 0 Å². The molecule has 5 rings (SSSR count). The summed E-state index contributed by atoms with van der Waals surface area (Å²) in [5, 5.41) is 7.13. The second kappa shape index (κ2) is 7.50. The first kappa shape index (κ1) is 18.1. The highest BCUT2D eigenvalue weighted by atomic mass is 16.4. The lowest BCUT2D eigenvalue weighted by Crippen LogP contribution is -2.46. The van der Waals surface area contributed by atoms with Crippen molar-refractivity contribution in [3.8, 4) is 0 Å². The van der Waals surface area contributed by atoms with E-state index in [0.29, 0.717) is 29.1 Å². The van der Waals surface area contributed by atoms with Gasteiger partial charge in [-0.3, -0.25) is 9.89 Å². The van der Waals surface area contributed by atoms with Crippen molar-refractivity contribution in [2.75, 3.05) is 31.1 Å². The van der Waals surface area contributed by atoms with Gasteiger partial charge in [0.25, 0.3) is 6.01 Å². The number of nitrogens with one attached hydrogen (secondary N) is 1. The Labute approximate surface area is 169 Å². The first-order valence-corrected chi connectivity index (χ1v) is 10.4. The lowest BCUT2D eigenvalue weighted by atomic mass is 9.91. The van der Waals surface area contributed by atoms with E-state index in [2.05, 4.69) is 30.0 Å². The van der Waals surface area contributed by atoms with Gasteiger partial charge >= 0.3 is 0 Å². The van der Waals surface area contributed by atoms with Crippen LogP contribution in [0.1, 0.15) is 43.0 Å². The quantitative estimate of drug-likeness (QED) is 0.734. The molecule has 2 fully saturated rings. The number of carbonyl (C=O) groups excluding carboxylic acids is 1. The van der Waals surface area contributed by atoms with Crippen LogP contribution >= 0.6 is 0 Å². The molecule has 8 heteroatoms. The molecule has 8 nitrogen and oxygen atoms in total. The molecule has 0 radical (unpaired) electrons. The fourth-order valence-electron chi connectivity index (χ4n) is 4.54. The molecule has 29 heavy (non-hydrogen) atoms. The molecule has 0 saturated carbocycles. The van der Waals surface area contributed by atoms with Gasteiger partial charge in [-0.05, 0) is 50.8 Å². The Hall–Kier alpha value is -2.90. The van der Waals surface area contributed by atoms with Gasteiger partial charge in [0.1, 0.15) is 0 Å². The molecule has 1 amide bonds. The number of fused-ring (bicyclic) bond motifs is 1. The van der Waals surface area contributed by atoms with Crippen molar-refractivity contribution in [2.45, 2.75) is 38.5 Å². The number of hydrogen-bond donors (Lipinski definition) is 1. The van der Waals surface area contributed by atoms with Gasteiger partial charge in [-0.15, -0.1) is 0 Å². The Bertz CT molecular complexity index is 990. The number of aryl methyl sites for hydroxylation is 1. The van der Waals surface area contributed by atoms with Crippen LogP contribution in [0.4, 0.5) is 6.01 Å². The topological polar surface area (TPSA) is 91.2 Å². The largest absolute Gasteiger partial charge is 0.422 e. The van der Waals surface area contributed by atoms with Crippen molar-refractivity contribution in [2.24, 2.45) is 5.92 Å². The van der Waals surface area contributed by atoms with Gasteiger partial charge in [0.2, 0.25) is 11.6 Å². The summed E-state index contributed by atoms with van der Waals surface area (Å²) >= 11 is 0. The fourth-order valence-corrected chi connectivity index (χ4v) is 4.54. The lowest BCUT2D eigenvalue weighted by molar-refractivity contribution is -0.137. The second-order valence-corrected chi connectivity index (χ2v) is 8.17. The van der Waals surface area contributed by atoms with E-state index in [9.17, 15) is 4.79 Å². The number of anilines is 1. The molecule has 3 aromatic rings. The molecule has 0 aromatic carbocycles. The van der Waals surface area contributed by atoms with Crippen LogP contribution in [-0.4, -0.2) is 57.2 Å². The number of rotatable bonds is 3. The number of amides is 1. The van der Waals surface area contributed by atoms with E-state index in [0.717, 1.165) is 63.3 Å². The van der Waals surface area contributed by atoms with Gasteiger partial charge in [-0.2, -0.15) is 10.1 Å². The molecule has 0 spiro atoms. The molecule has 2 aliphatic heterocycles. The maximum atomic E-state index is 13.1. The van der Waals surface area contributed by atoms with Gasteiger partial charge in [0.15, 0.2) is 5.58 Å². The summed E-state index contributed by atoms with van der Waals surface area (Å²) in [6.07, 6.45) is 5.60. The molecule has 0 aliphatic carbocycles. The summed E-state index contributed by atoms with van der Waals surface area (Å²) in [5.41, 5.74) is 3.42. The van der Waals surface area contributed by atoms with Crippen molar-refractivity contribution < 1.29 is 9.21 Å².